The number of nitrogens with zero attached hydrogens (tertiary/aromatic N) is 2. The fraction of sp³-hybridized carbons (Fsp3) is 0.385. The van der Waals surface area contributed by atoms with Gasteiger partial charge in [0.25, 0.3) is 0 Å². The van der Waals surface area contributed by atoms with Gasteiger partial charge in [0.05, 0.1) is 5.56 Å². The second-order valence-electron chi connectivity index (χ2n) is 11.5. The lowest BCUT2D eigenvalue weighted by Crippen LogP contribution is -2.45. The van der Waals surface area contributed by atoms with Crippen LogP contribution in [0.2, 0.25) is 0 Å². The maximum Gasteiger partial charge on any atom is 0.213 e. The van der Waals surface area contributed by atoms with Gasteiger partial charge in [-0.2, -0.15) is 4.57 Å². The van der Waals surface area contributed by atoms with E-state index in [1.165, 1.54) is 44.8 Å². The number of benzene rings is 1. The third kappa shape index (κ3) is 8.73. The summed E-state index contributed by atoms with van der Waals surface area (Å²) >= 11 is 0. The summed E-state index contributed by atoms with van der Waals surface area (Å²) in [7, 11) is 0. The first kappa shape index (κ1) is 33.7. The third-order valence-corrected chi connectivity index (χ3v) is 7.79. The van der Waals surface area contributed by atoms with Crippen LogP contribution in [0.15, 0.2) is 114 Å². The summed E-state index contributed by atoms with van der Waals surface area (Å²) in [5, 5.41) is 0. The molecule has 3 heterocycles. The quantitative estimate of drug-likeness (QED) is 0.260. The summed E-state index contributed by atoms with van der Waals surface area (Å²) in [5.41, 5.74) is 10.4. The molecule has 0 aliphatic carbocycles. The fourth-order valence-corrected chi connectivity index (χ4v) is 5.19. The molecule has 0 amide bonds. The Morgan fingerprint density at radius 2 is 1.80 bits per heavy atom. The van der Waals surface area contributed by atoms with Crippen LogP contribution in [0.3, 0.4) is 0 Å². The van der Waals surface area contributed by atoms with Gasteiger partial charge in [0.2, 0.25) is 5.69 Å². The van der Waals surface area contributed by atoms with E-state index in [-0.39, 0.29) is 5.41 Å². The molecule has 0 saturated heterocycles. The predicted molar refractivity (Wildman–Crippen MR) is 182 cm³/mol. The highest BCUT2D eigenvalue weighted by Gasteiger charge is 2.34. The van der Waals surface area contributed by atoms with Gasteiger partial charge in [-0.05, 0) is 85.9 Å². The van der Waals surface area contributed by atoms with Gasteiger partial charge in [-0.15, -0.1) is 0 Å². The molecular formula is C39H53N2+. The molecule has 41 heavy (non-hydrogen) atoms. The minimum absolute atomic E-state index is 0.115. The van der Waals surface area contributed by atoms with Crippen molar-refractivity contribution in [3.05, 3.63) is 120 Å². The molecule has 2 aliphatic rings. The van der Waals surface area contributed by atoms with Gasteiger partial charge in [0.15, 0.2) is 12.2 Å². The Balaban J connectivity index is 0.000000352. The van der Waals surface area contributed by atoms with Gasteiger partial charge in [-0.1, -0.05) is 103 Å². The fourth-order valence-electron chi connectivity index (χ4n) is 5.19. The normalized spacial score (nSPS) is 18.8. The minimum Gasteiger partial charge on any atom is -0.261 e. The molecule has 0 N–H and O–H groups in total. The molecule has 0 radical (unpaired) electrons. The molecule has 2 aliphatic heterocycles. The Labute approximate surface area is 251 Å². The summed E-state index contributed by atoms with van der Waals surface area (Å²) in [6, 6.07) is 13.9. The van der Waals surface area contributed by atoms with Crippen LogP contribution in [0.5, 0.6) is 0 Å². The number of rotatable bonds is 5. The molecule has 2 heteroatoms. The summed E-state index contributed by atoms with van der Waals surface area (Å²) in [6.07, 6.45) is 21.1. The van der Waals surface area contributed by atoms with E-state index in [1.54, 1.807) is 0 Å². The van der Waals surface area contributed by atoms with Crippen molar-refractivity contribution < 1.29 is 4.57 Å². The van der Waals surface area contributed by atoms with Crippen LogP contribution in [0.25, 0.3) is 16.8 Å². The minimum atomic E-state index is 0.115. The van der Waals surface area contributed by atoms with Crippen molar-refractivity contribution in [3.8, 4) is 11.3 Å². The molecule has 1 aromatic heterocycles. The van der Waals surface area contributed by atoms with Crippen molar-refractivity contribution in [2.75, 3.05) is 0 Å². The summed E-state index contributed by atoms with van der Waals surface area (Å²) < 4.78 is 2.40. The Morgan fingerprint density at radius 1 is 1.07 bits per heavy atom. The first-order valence-electron chi connectivity index (χ1n) is 15.3. The first-order valence-corrected chi connectivity index (χ1v) is 15.3. The molecule has 0 bridgehead atoms. The van der Waals surface area contributed by atoms with Crippen molar-refractivity contribution in [2.24, 2.45) is 10.4 Å². The molecule has 1 aromatic carbocycles. The average Bonchev–Trinajstić information content (AvgIpc) is 3.00. The molecule has 0 spiro atoms. The zero-order valence-electron chi connectivity index (χ0n) is 27.3. The molecule has 218 valence electrons. The SMILES string of the molecule is C/C=C\C=C(/C)C1=NC=CCC1.C=C/C(=C\C(=C/C)C(C)(C)C)c1ccc2c(c1)-c1cccc[n+]1C(C)C2C.CC. The summed E-state index contributed by atoms with van der Waals surface area (Å²) in [5.74, 6) is 0.491. The van der Waals surface area contributed by atoms with E-state index in [2.05, 4.69) is 138 Å². The highest BCUT2D eigenvalue weighted by Crippen LogP contribution is 2.39. The zero-order valence-corrected chi connectivity index (χ0v) is 27.3. The molecular weight excluding hydrogens is 496 g/mol. The Hall–Kier alpha value is -3.52. The number of fused-ring (bicyclic) bond motifs is 3. The van der Waals surface area contributed by atoms with Crippen LogP contribution in [0, 0.1) is 5.41 Å². The molecule has 2 aromatic rings. The predicted octanol–water partition coefficient (Wildman–Crippen LogP) is 11.2. The van der Waals surface area contributed by atoms with Crippen LogP contribution in [-0.4, -0.2) is 5.71 Å². The van der Waals surface area contributed by atoms with Gasteiger partial charge >= 0.3 is 0 Å². The number of pyridine rings is 1. The average molecular weight is 550 g/mol. The van der Waals surface area contributed by atoms with E-state index >= 15 is 0 Å². The van der Waals surface area contributed by atoms with Crippen molar-refractivity contribution in [1.82, 2.24) is 0 Å². The van der Waals surface area contributed by atoms with Crippen LogP contribution in [0.4, 0.5) is 0 Å². The van der Waals surface area contributed by atoms with Crippen molar-refractivity contribution in [3.63, 3.8) is 0 Å². The van der Waals surface area contributed by atoms with Crippen molar-refractivity contribution in [2.45, 2.75) is 94.0 Å². The van der Waals surface area contributed by atoms with Gasteiger partial charge in [0, 0.05) is 30.0 Å². The molecule has 0 fully saturated rings. The Kier molecular flexibility index (Phi) is 13.2. The van der Waals surface area contributed by atoms with Crippen molar-refractivity contribution in [1.29, 1.82) is 0 Å². The van der Waals surface area contributed by atoms with E-state index in [0.29, 0.717) is 12.0 Å². The van der Waals surface area contributed by atoms with Gasteiger partial charge in [-0.3, -0.25) is 4.99 Å². The van der Waals surface area contributed by atoms with Crippen molar-refractivity contribution >= 4 is 11.3 Å². The zero-order chi connectivity index (χ0) is 30.6. The molecule has 2 atom stereocenters. The smallest absolute Gasteiger partial charge is 0.213 e. The second kappa shape index (κ2) is 16.1. The molecule has 0 saturated carbocycles. The first-order chi connectivity index (χ1) is 19.6. The van der Waals surface area contributed by atoms with Crippen LogP contribution >= 0.6 is 0 Å². The van der Waals surface area contributed by atoms with Crippen LogP contribution < -0.4 is 4.57 Å². The molecule has 2 unspecified atom stereocenters. The van der Waals surface area contributed by atoms with E-state index in [9.17, 15) is 0 Å². The highest BCUT2D eigenvalue weighted by molar-refractivity contribution is 6.00. The lowest BCUT2D eigenvalue weighted by molar-refractivity contribution is -0.714. The second-order valence-corrected chi connectivity index (χ2v) is 11.5. The molecule has 4 rings (SSSR count). The summed E-state index contributed by atoms with van der Waals surface area (Å²) in [6.45, 7) is 25.7. The van der Waals surface area contributed by atoms with Crippen LogP contribution in [-0.2, 0) is 0 Å². The van der Waals surface area contributed by atoms with E-state index in [4.69, 9.17) is 0 Å². The topological polar surface area (TPSA) is 16.2 Å². The standard InChI is InChI=1S/C26H32N.C11H15N.C2H6/c1-8-20(16-22(9-2)26(5,6)7)21-13-14-23-18(3)19(4)27-15-11-10-12-25(27)24(23)17-21;1-3-4-7-10(2)11-8-5-6-9-12-11;1-2/h8-19H,1H2,2-7H3;3-4,6-7,9H,5,8H2,1-2H3;1-2H3/q+1;;/b20-16+,22-9+;4-3-,10-7+;. The maximum absolute atomic E-state index is 4.32. The van der Waals surface area contributed by atoms with Gasteiger partial charge in [0.1, 0.15) is 0 Å². The highest BCUT2D eigenvalue weighted by atomic mass is 15.0. The maximum atomic E-state index is 4.32. The van der Waals surface area contributed by atoms with E-state index in [0.717, 1.165) is 12.8 Å². The van der Waals surface area contributed by atoms with E-state index in [1.807, 2.05) is 39.1 Å². The van der Waals surface area contributed by atoms with Gasteiger partial charge < -0.3 is 0 Å². The third-order valence-electron chi connectivity index (χ3n) is 7.79. The number of hydrogen-bond acceptors (Lipinski definition) is 1. The summed E-state index contributed by atoms with van der Waals surface area (Å²) in [4.78, 5) is 4.32. The Morgan fingerprint density at radius 3 is 2.39 bits per heavy atom. The Bertz CT molecular complexity index is 1350. The largest absolute Gasteiger partial charge is 0.261 e. The number of aliphatic imine (C=N–C) groups is 1. The lowest BCUT2D eigenvalue weighted by atomic mass is 9.82. The van der Waals surface area contributed by atoms with E-state index < -0.39 is 0 Å². The van der Waals surface area contributed by atoms with Gasteiger partial charge in [-0.25, -0.2) is 0 Å². The lowest BCUT2D eigenvalue weighted by Gasteiger charge is -2.26. The number of aromatic nitrogens is 1. The number of hydrogen-bond donors (Lipinski definition) is 0. The monoisotopic (exact) mass is 549 g/mol. The number of allylic oxidation sites excluding steroid dienone is 10. The molecule has 2 nitrogen and oxygen atoms in total. The van der Waals surface area contributed by atoms with Crippen LogP contribution in [0.1, 0.15) is 105 Å².